The van der Waals surface area contributed by atoms with Crippen LogP contribution in [-0.4, -0.2) is 63.4 Å². The number of hydrogen-bond donors (Lipinski definition) is 1. The second-order valence-corrected chi connectivity index (χ2v) is 7.69. The van der Waals surface area contributed by atoms with E-state index >= 15 is 0 Å². The number of hydrogen-bond acceptors (Lipinski definition) is 6. The smallest absolute Gasteiger partial charge is 0.226 e. The Morgan fingerprint density at radius 2 is 2.08 bits per heavy atom. The normalized spacial score (nSPS) is 25.2. The zero-order valence-corrected chi connectivity index (χ0v) is 15.2. The van der Waals surface area contributed by atoms with E-state index in [9.17, 15) is 5.11 Å². The van der Waals surface area contributed by atoms with Crippen molar-refractivity contribution in [3.05, 3.63) is 11.7 Å². The Morgan fingerprint density at radius 1 is 1.29 bits per heavy atom. The number of likely N-dealkylation sites (N-methyl/N-ethyl adjacent to an activating group) is 1. The number of nitrogens with zero attached hydrogens (tertiary/aromatic N) is 4. The van der Waals surface area contributed by atoms with Crippen molar-refractivity contribution in [2.75, 3.05) is 26.7 Å². The molecule has 0 aromatic carbocycles. The first kappa shape index (κ1) is 17.8. The molecule has 2 heterocycles. The summed E-state index contributed by atoms with van der Waals surface area (Å²) in [6.45, 7) is 5.69. The van der Waals surface area contributed by atoms with Gasteiger partial charge in [0.1, 0.15) is 0 Å². The minimum absolute atomic E-state index is 0.473. The van der Waals surface area contributed by atoms with Crippen molar-refractivity contribution < 1.29 is 9.63 Å². The largest absolute Gasteiger partial charge is 0.389 e. The fraction of sp³-hybridized carbons (Fsp3) is 0.889. The van der Waals surface area contributed by atoms with E-state index in [1.165, 1.54) is 32.1 Å². The van der Waals surface area contributed by atoms with Crippen molar-refractivity contribution in [3.8, 4) is 0 Å². The lowest BCUT2D eigenvalue weighted by Gasteiger charge is -2.42. The van der Waals surface area contributed by atoms with E-state index in [2.05, 4.69) is 27.0 Å². The van der Waals surface area contributed by atoms with E-state index < -0.39 is 5.60 Å². The van der Waals surface area contributed by atoms with Crippen molar-refractivity contribution in [1.29, 1.82) is 0 Å². The number of aromatic nitrogens is 2. The molecule has 0 radical (unpaired) electrons. The van der Waals surface area contributed by atoms with Crippen molar-refractivity contribution in [1.82, 2.24) is 19.9 Å². The molecule has 1 aliphatic heterocycles. The lowest BCUT2D eigenvalue weighted by molar-refractivity contribution is -0.0366. The first-order chi connectivity index (χ1) is 11.6. The molecule has 1 saturated heterocycles. The topological polar surface area (TPSA) is 65.6 Å². The van der Waals surface area contributed by atoms with Crippen LogP contribution in [0.1, 0.15) is 63.6 Å². The van der Waals surface area contributed by atoms with Gasteiger partial charge in [0, 0.05) is 25.6 Å². The molecular formula is C18H32N4O2. The fourth-order valence-corrected chi connectivity index (χ4v) is 4.19. The maximum atomic E-state index is 10.8. The molecule has 1 saturated carbocycles. The number of likely N-dealkylation sites (tertiary alicyclic amines) is 1. The second-order valence-electron chi connectivity index (χ2n) is 7.69. The van der Waals surface area contributed by atoms with E-state index in [0.717, 1.165) is 57.2 Å². The Morgan fingerprint density at radius 3 is 2.79 bits per heavy atom. The minimum Gasteiger partial charge on any atom is -0.389 e. The summed E-state index contributed by atoms with van der Waals surface area (Å²) in [6.07, 6.45) is 8.69. The highest BCUT2D eigenvalue weighted by Crippen LogP contribution is 2.29. The van der Waals surface area contributed by atoms with Crippen LogP contribution in [-0.2, 0) is 13.0 Å². The van der Waals surface area contributed by atoms with Gasteiger partial charge in [-0.1, -0.05) is 31.3 Å². The monoisotopic (exact) mass is 336 g/mol. The van der Waals surface area contributed by atoms with Gasteiger partial charge in [-0.15, -0.1) is 0 Å². The lowest BCUT2D eigenvalue weighted by atomic mass is 9.84. The third kappa shape index (κ3) is 4.55. The number of aryl methyl sites for hydroxylation is 1. The van der Waals surface area contributed by atoms with Crippen LogP contribution in [0.15, 0.2) is 4.52 Å². The highest BCUT2D eigenvalue weighted by Gasteiger charge is 2.33. The van der Waals surface area contributed by atoms with Crippen LogP contribution in [0.25, 0.3) is 0 Å². The van der Waals surface area contributed by atoms with Gasteiger partial charge in [0.2, 0.25) is 5.89 Å². The standard InChI is InChI=1S/C18H32N4O2/c1-3-17-19-16(20-24-17)13-22-11-7-8-15(12-22)21(2)14-18(23)9-5-4-6-10-18/h15,23H,3-14H2,1-2H3/t15-/m1/s1. The molecule has 0 spiro atoms. The third-order valence-corrected chi connectivity index (χ3v) is 5.61. The molecule has 2 aliphatic rings. The van der Waals surface area contributed by atoms with E-state index in [4.69, 9.17) is 4.52 Å². The van der Waals surface area contributed by atoms with Gasteiger partial charge in [-0.3, -0.25) is 9.80 Å². The fourth-order valence-electron chi connectivity index (χ4n) is 4.19. The molecule has 1 aliphatic carbocycles. The van der Waals surface area contributed by atoms with Crippen molar-refractivity contribution in [2.24, 2.45) is 0 Å². The molecule has 1 atom stereocenters. The van der Waals surface area contributed by atoms with Crippen LogP contribution in [0.4, 0.5) is 0 Å². The molecular weight excluding hydrogens is 304 g/mol. The molecule has 1 aromatic rings. The Hall–Kier alpha value is -0.980. The predicted molar refractivity (Wildman–Crippen MR) is 92.6 cm³/mol. The Bertz CT molecular complexity index is 513. The Kier molecular flexibility index (Phi) is 5.89. The number of aliphatic hydroxyl groups is 1. The van der Waals surface area contributed by atoms with Crippen LogP contribution < -0.4 is 0 Å². The van der Waals surface area contributed by atoms with Gasteiger partial charge in [-0.2, -0.15) is 4.98 Å². The predicted octanol–water partition coefficient (Wildman–Crippen LogP) is 2.22. The lowest BCUT2D eigenvalue weighted by Crippen LogP contribution is -2.51. The Labute approximate surface area is 145 Å². The van der Waals surface area contributed by atoms with Crippen molar-refractivity contribution in [2.45, 2.75) is 76.5 Å². The molecule has 6 heteroatoms. The molecule has 1 aromatic heterocycles. The second kappa shape index (κ2) is 7.93. The van der Waals surface area contributed by atoms with Crippen molar-refractivity contribution in [3.63, 3.8) is 0 Å². The molecule has 2 fully saturated rings. The van der Waals surface area contributed by atoms with Gasteiger partial charge in [-0.05, 0) is 39.3 Å². The van der Waals surface area contributed by atoms with Gasteiger partial charge in [0.15, 0.2) is 5.82 Å². The van der Waals surface area contributed by atoms with Crippen LogP contribution >= 0.6 is 0 Å². The van der Waals surface area contributed by atoms with E-state index in [-0.39, 0.29) is 0 Å². The van der Waals surface area contributed by atoms with Gasteiger partial charge in [0.25, 0.3) is 0 Å². The molecule has 136 valence electrons. The quantitative estimate of drug-likeness (QED) is 0.859. The van der Waals surface area contributed by atoms with E-state index in [1.54, 1.807) is 0 Å². The average Bonchev–Trinajstić information content (AvgIpc) is 3.03. The van der Waals surface area contributed by atoms with Crippen LogP contribution in [0, 0.1) is 0 Å². The molecule has 1 N–H and O–H groups in total. The molecule has 0 amide bonds. The minimum atomic E-state index is -0.473. The summed E-state index contributed by atoms with van der Waals surface area (Å²) in [6, 6.07) is 0.502. The van der Waals surface area contributed by atoms with Crippen LogP contribution in [0.5, 0.6) is 0 Å². The number of piperidine rings is 1. The third-order valence-electron chi connectivity index (χ3n) is 5.61. The van der Waals surface area contributed by atoms with E-state index in [0.29, 0.717) is 6.04 Å². The highest BCUT2D eigenvalue weighted by atomic mass is 16.5. The summed E-state index contributed by atoms with van der Waals surface area (Å²) in [4.78, 5) is 9.22. The zero-order valence-electron chi connectivity index (χ0n) is 15.2. The number of rotatable bonds is 6. The highest BCUT2D eigenvalue weighted by molar-refractivity contribution is 4.91. The summed E-state index contributed by atoms with van der Waals surface area (Å²) < 4.78 is 5.21. The molecule has 0 bridgehead atoms. The summed E-state index contributed by atoms with van der Waals surface area (Å²) >= 11 is 0. The Balaban J connectivity index is 1.52. The maximum Gasteiger partial charge on any atom is 0.226 e. The molecule has 3 rings (SSSR count). The average molecular weight is 336 g/mol. The summed E-state index contributed by atoms with van der Waals surface area (Å²) in [7, 11) is 2.17. The molecule has 0 unspecified atom stereocenters. The van der Waals surface area contributed by atoms with E-state index in [1.807, 2.05) is 6.92 Å². The summed E-state index contributed by atoms with van der Waals surface area (Å²) in [5.41, 5.74) is -0.473. The molecule has 6 nitrogen and oxygen atoms in total. The zero-order chi connectivity index (χ0) is 17.0. The first-order valence-electron chi connectivity index (χ1n) is 9.54. The van der Waals surface area contributed by atoms with Gasteiger partial charge < -0.3 is 9.63 Å². The maximum absolute atomic E-state index is 10.8. The summed E-state index contributed by atoms with van der Waals surface area (Å²) in [5.74, 6) is 1.51. The van der Waals surface area contributed by atoms with Crippen LogP contribution in [0.2, 0.25) is 0 Å². The van der Waals surface area contributed by atoms with Crippen LogP contribution in [0.3, 0.4) is 0 Å². The van der Waals surface area contributed by atoms with Gasteiger partial charge in [0.05, 0.1) is 12.1 Å². The SMILES string of the molecule is CCc1nc(CN2CCC[C@@H](N(C)CC3(O)CCCCC3)C2)no1. The van der Waals surface area contributed by atoms with Crippen molar-refractivity contribution >= 4 is 0 Å². The molecule has 24 heavy (non-hydrogen) atoms. The first-order valence-corrected chi connectivity index (χ1v) is 9.54. The summed E-state index contributed by atoms with van der Waals surface area (Å²) in [5, 5.41) is 14.9. The van der Waals surface area contributed by atoms with Gasteiger partial charge >= 0.3 is 0 Å². The van der Waals surface area contributed by atoms with Gasteiger partial charge in [-0.25, -0.2) is 0 Å².